The monoisotopic (exact) mass is 239 g/mol. The molecule has 0 aromatic rings. The Balaban J connectivity index is 2.34. The Morgan fingerprint density at radius 3 is 2.47 bits per heavy atom. The number of imide groups is 1. The van der Waals surface area contributed by atoms with E-state index in [2.05, 4.69) is 0 Å². The third kappa shape index (κ3) is 4.01. The van der Waals surface area contributed by atoms with Gasteiger partial charge in [0.25, 0.3) is 11.8 Å². The van der Waals surface area contributed by atoms with Crippen LogP contribution in [0.15, 0.2) is 12.2 Å². The normalized spacial score (nSPS) is 16.5. The van der Waals surface area contributed by atoms with E-state index in [1.54, 1.807) is 6.92 Å². The molecule has 0 aliphatic carbocycles. The van der Waals surface area contributed by atoms with Crippen molar-refractivity contribution in [2.75, 3.05) is 6.54 Å². The van der Waals surface area contributed by atoms with Gasteiger partial charge < -0.3 is 4.74 Å². The number of esters is 1. The number of carbonyl (C=O) groups excluding carboxylic acids is 3. The zero-order valence-corrected chi connectivity index (χ0v) is 10.1. The van der Waals surface area contributed by atoms with Gasteiger partial charge in [-0.3, -0.25) is 19.3 Å². The van der Waals surface area contributed by atoms with Gasteiger partial charge in [-0.1, -0.05) is 13.3 Å². The average Bonchev–Trinajstić information content (AvgIpc) is 2.58. The lowest BCUT2D eigenvalue weighted by Crippen LogP contribution is -2.37. The van der Waals surface area contributed by atoms with E-state index in [4.69, 9.17) is 4.74 Å². The predicted molar refractivity (Wildman–Crippen MR) is 60.9 cm³/mol. The summed E-state index contributed by atoms with van der Waals surface area (Å²) in [6.07, 6.45) is 4.06. The van der Waals surface area contributed by atoms with Crippen molar-refractivity contribution < 1.29 is 19.1 Å². The molecule has 0 saturated carbocycles. The minimum atomic E-state index is -0.466. The lowest BCUT2D eigenvalue weighted by molar-refractivity contribution is -0.152. The molecule has 0 aromatic carbocycles. The molecule has 0 saturated heterocycles. The number of nitrogens with zero attached hydrogens (tertiary/aromatic N) is 1. The Labute approximate surface area is 100 Å². The van der Waals surface area contributed by atoms with Crippen molar-refractivity contribution in [3.05, 3.63) is 12.2 Å². The van der Waals surface area contributed by atoms with Crippen LogP contribution >= 0.6 is 0 Å². The first-order chi connectivity index (χ1) is 8.04. The summed E-state index contributed by atoms with van der Waals surface area (Å²) >= 11 is 0. The van der Waals surface area contributed by atoms with Crippen molar-refractivity contribution in [2.24, 2.45) is 0 Å². The van der Waals surface area contributed by atoms with Crippen LogP contribution in [-0.4, -0.2) is 35.3 Å². The summed E-state index contributed by atoms with van der Waals surface area (Å²) in [5, 5.41) is 0. The highest BCUT2D eigenvalue weighted by atomic mass is 16.5. The molecule has 0 spiro atoms. The van der Waals surface area contributed by atoms with Gasteiger partial charge in [0.1, 0.15) is 6.10 Å². The molecule has 5 heteroatoms. The van der Waals surface area contributed by atoms with E-state index in [0.717, 1.165) is 17.7 Å². The molecule has 17 heavy (non-hydrogen) atoms. The first-order valence-electron chi connectivity index (χ1n) is 5.77. The van der Waals surface area contributed by atoms with Crippen molar-refractivity contribution in [1.82, 2.24) is 4.90 Å². The lowest BCUT2D eigenvalue weighted by Gasteiger charge is -2.19. The van der Waals surface area contributed by atoms with Crippen LogP contribution in [0.3, 0.4) is 0 Å². The van der Waals surface area contributed by atoms with Gasteiger partial charge in [0.05, 0.1) is 6.54 Å². The van der Waals surface area contributed by atoms with E-state index in [1.165, 1.54) is 12.2 Å². The molecule has 94 valence electrons. The van der Waals surface area contributed by atoms with E-state index in [0.29, 0.717) is 6.42 Å². The highest BCUT2D eigenvalue weighted by Gasteiger charge is 2.25. The fourth-order valence-corrected chi connectivity index (χ4v) is 1.51. The van der Waals surface area contributed by atoms with Gasteiger partial charge in [-0.25, -0.2) is 0 Å². The molecule has 0 bridgehead atoms. The molecule has 0 radical (unpaired) electrons. The minimum absolute atomic E-state index is 0.114. The molecule has 0 aromatic heterocycles. The molecule has 1 atom stereocenters. The average molecular weight is 239 g/mol. The fourth-order valence-electron chi connectivity index (χ4n) is 1.51. The highest BCUT2D eigenvalue weighted by Crippen LogP contribution is 2.07. The number of carbonyl (C=O) groups is 3. The van der Waals surface area contributed by atoms with Crippen molar-refractivity contribution in [1.29, 1.82) is 0 Å². The van der Waals surface area contributed by atoms with Crippen molar-refractivity contribution in [3.8, 4) is 0 Å². The largest absolute Gasteiger partial charge is 0.461 e. The molecule has 1 rings (SSSR count). The standard InChI is InChI=1S/C12H17NO4/c1-3-4-5-12(16)17-9(2)8-13-10(14)6-7-11(13)15/h6-7,9H,3-5,8H2,1-2H3. The number of rotatable bonds is 6. The van der Waals surface area contributed by atoms with Gasteiger partial charge in [0.2, 0.25) is 0 Å². The summed E-state index contributed by atoms with van der Waals surface area (Å²) in [5.74, 6) is -0.996. The second kappa shape index (κ2) is 6.18. The predicted octanol–water partition coefficient (Wildman–Crippen LogP) is 1.03. The number of amides is 2. The molecule has 0 fully saturated rings. The van der Waals surface area contributed by atoms with E-state index in [1.807, 2.05) is 6.92 Å². The SMILES string of the molecule is CCCCC(=O)OC(C)CN1C(=O)C=CC1=O. The number of ether oxygens (including phenoxy) is 1. The van der Waals surface area contributed by atoms with E-state index < -0.39 is 6.10 Å². The first kappa shape index (κ1) is 13.4. The molecule has 1 unspecified atom stereocenters. The van der Waals surface area contributed by atoms with E-state index >= 15 is 0 Å². The fraction of sp³-hybridized carbons (Fsp3) is 0.583. The maximum Gasteiger partial charge on any atom is 0.306 e. The van der Waals surface area contributed by atoms with Gasteiger partial charge in [0, 0.05) is 18.6 Å². The Hall–Kier alpha value is -1.65. The number of hydrogen-bond acceptors (Lipinski definition) is 4. The van der Waals surface area contributed by atoms with Crippen molar-refractivity contribution in [3.63, 3.8) is 0 Å². The third-order valence-corrected chi connectivity index (χ3v) is 2.41. The molecule has 1 heterocycles. The van der Waals surface area contributed by atoms with Crippen LogP contribution in [0, 0.1) is 0 Å². The highest BCUT2D eigenvalue weighted by molar-refractivity contribution is 6.12. The summed E-state index contributed by atoms with van der Waals surface area (Å²) in [6.45, 7) is 3.77. The maximum atomic E-state index is 11.3. The van der Waals surface area contributed by atoms with Gasteiger partial charge in [-0.15, -0.1) is 0 Å². The van der Waals surface area contributed by atoms with E-state index in [9.17, 15) is 14.4 Å². The maximum absolute atomic E-state index is 11.3. The first-order valence-corrected chi connectivity index (χ1v) is 5.77. The van der Waals surface area contributed by atoms with E-state index in [-0.39, 0.29) is 24.3 Å². The molecule has 1 aliphatic rings. The third-order valence-electron chi connectivity index (χ3n) is 2.41. The van der Waals surface area contributed by atoms with Gasteiger partial charge in [0.15, 0.2) is 0 Å². The van der Waals surface area contributed by atoms with Crippen LogP contribution in [0.1, 0.15) is 33.1 Å². The van der Waals surface area contributed by atoms with Crippen LogP contribution in [-0.2, 0) is 19.1 Å². The second-order valence-electron chi connectivity index (χ2n) is 4.02. The second-order valence-corrected chi connectivity index (χ2v) is 4.02. The molecule has 2 amide bonds. The smallest absolute Gasteiger partial charge is 0.306 e. The molecular formula is C12H17NO4. The molecular weight excluding hydrogens is 222 g/mol. The molecule has 0 N–H and O–H groups in total. The summed E-state index contributed by atoms with van der Waals surface area (Å²) in [7, 11) is 0. The zero-order valence-electron chi connectivity index (χ0n) is 10.1. The molecule has 5 nitrogen and oxygen atoms in total. The van der Waals surface area contributed by atoms with Gasteiger partial charge in [-0.2, -0.15) is 0 Å². The van der Waals surface area contributed by atoms with Crippen molar-refractivity contribution in [2.45, 2.75) is 39.2 Å². The van der Waals surface area contributed by atoms with Crippen LogP contribution in [0.5, 0.6) is 0 Å². The van der Waals surface area contributed by atoms with Crippen LogP contribution in [0.4, 0.5) is 0 Å². The van der Waals surface area contributed by atoms with Crippen LogP contribution < -0.4 is 0 Å². The Bertz CT molecular complexity index is 330. The summed E-state index contributed by atoms with van der Waals surface area (Å²) < 4.78 is 5.10. The van der Waals surface area contributed by atoms with Gasteiger partial charge >= 0.3 is 5.97 Å². The quantitative estimate of drug-likeness (QED) is 0.513. The van der Waals surface area contributed by atoms with Crippen LogP contribution in [0.2, 0.25) is 0 Å². The van der Waals surface area contributed by atoms with Gasteiger partial charge in [-0.05, 0) is 13.3 Å². The number of unbranched alkanes of at least 4 members (excludes halogenated alkanes) is 1. The summed E-state index contributed by atoms with van der Waals surface area (Å²) in [6, 6.07) is 0. The summed E-state index contributed by atoms with van der Waals surface area (Å²) in [4.78, 5) is 34.9. The summed E-state index contributed by atoms with van der Waals surface area (Å²) in [5.41, 5.74) is 0. The Morgan fingerprint density at radius 2 is 1.94 bits per heavy atom. The Morgan fingerprint density at radius 1 is 1.35 bits per heavy atom. The van der Waals surface area contributed by atoms with Crippen LogP contribution in [0.25, 0.3) is 0 Å². The minimum Gasteiger partial charge on any atom is -0.461 e. The number of hydrogen-bond donors (Lipinski definition) is 0. The zero-order chi connectivity index (χ0) is 12.8. The topological polar surface area (TPSA) is 63.7 Å². The Kier molecular flexibility index (Phi) is 4.87. The molecule has 1 aliphatic heterocycles. The lowest BCUT2D eigenvalue weighted by atomic mass is 10.2. The van der Waals surface area contributed by atoms with Crippen molar-refractivity contribution >= 4 is 17.8 Å².